The van der Waals surface area contributed by atoms with Gasteiger partial charge < -0.3 is 5.32 Å². The molecule has 1 atom stereocenters. The first-order chi connectivity index (χ1) is 19.4. The molecule has 3 aromatic carbocycles. The van der Waals surface area contributed by atoms with Crippen LogP contribution >= 0.6 is 11.6 Å². The fourth-order valence-corrected chi connectivity index (χ4v) is 5.97. The molecule has 0 aliphatic heterocycles. The molecule has 1 unspecified atom stereocenters. The fourth-order valence-electron chi connectivity index (χ4n) is 5.84. The Balaban J connectivity index is 1.33. The van der Waals surface area contributed by atoms with Gasteiger partial charge in [-0.1, -0.05) is 35.9 Å². The van der Waals surface area contributed by atoms with E-state index in [4.69, 9.17) is 16.8 Å². The van der Waals surface area contributed by atoms with Gasteiger partial charge in [0.2, 0.25) is 11.8 Å². The molecule has 0 radical (unpaired) electrons. The minimum atomic E-state index is -0.477. The zero-order chi connectivity index (χ0) is 28.1. The van der Waals surface area contributed by atoms with Gasteiger partial charge >= 0.3 is 0 Å². The Bertz CT molecular complexity index is 1490. The van der Waals surface area contributed by atoms with Gasteiger partial charge in [-0.15, -0.1) is 0 Å². The van der Waals surface area contributed by atoms with Crippen molar-refractivity contribution < 1.29 is 19.2 Å². The van der Waals surface area contributed by atoms with Crippen molar-refractivity contribution in [3.63, 3.8) is 0 Å². The van der Waals surface area contributed by atoms with Crippen LogP contribution in [0, 0.1) is 17.7 Å². The molecule has 0 spiro atoms. The van der Waals surface area contributed by atoms with Crippen LogP contribution in [0.2, 0.25) is 5.02 Å². The highest BCUT2D eigenvalue weighted by Gasteiger charge is 2.33. The molecule has 8 heteroatoms. The zero-order valence-electron chi connectivity index (χ0n) is 21.9. The molecule has 1 saturated carbocycles. The number of aromatic nitrogens is 1. The van der Waals surface area contributed by atoms with Gasteiger partial charge in [0.05, 0.1) is 11.9 Å². The van der Waals surface area contributed by atoms with E-state index in [2.05, 4.69) is 10.3 Å². The Kier molecular flexibility index (Phi) is 8.72. The molecule has 3 N–H and O–H groups in total. The Labute approximate surface area is 237 Å². The predicted molar refractivity (Wildman–Crippen MR) is 154 cm³/mol. The van der Waals surface area contributed by atoms with Crippen molar-refractivity contribution in [1.29, 1.82) is 0 Å². The van der Waals surface area contributed by atoms with Crippen molar-refractivity contribution in [3.05, 3.63) is 107 Å². The van der Waals surface area contributed by atoms with Crippen LogP contribution in [0.1, 0.15) is 48.3 Å². The molecule has 2 amide bonds. The van der Waals surface area contributed by atoms with Gasteiger partial charge in [-0.05, 0) is 109 Å². The molecular formula is C32H31ClFN3O3. The lowest BCUT2D eigenvalue weighted by Gasteiger charge is -2.34. The van der Waals surface area contributed by atoms with Gasteiger partial charge in [0.25, 0.3) is 0 Å². The number of fused-ring (bicyclic) bond motifs is 1. The maximum atomic E-state index is 14.0. The van der Waals surface area contributed by atoms with Crippen LogP contribution in [0.15, 0.2) is 79.0 Å². The molecule has 40 heavy (non-hydrogen) atoms. The molecule has 0 saturated heterocycles. The number of pyridine rings is 1. The second kappa shape index (κ2) is 12.6. The second-order valence-corrected chi connectivity index (χ2v) is 10.9. The van der Waals surface area contributed by atoms with Crippen molar-refractivity contribution in [3.8, 4) is 0 Å². The van der Waals surface area contributed by atoms with E-state index >= 15 is 0 Å². The number of benzene rings is 3. The second-order valence-electron chi connectivity index (χ2n) is 10.5. The summed E-state index contributed by atoms with van der Waals surface area (Å²) in [6.07, 6.45) is 5.98. The van der Waals surface area contributed by atoms with E-state index in [1.54, 1.807) is 48.1 Å². The van der Waals surface area contributed by atoms with Gasteiger partial charge in [0.15, 0.2) is 0 Å². The minimum absolute atomic E-state index is 0.0362. The number of anilines is 1. The van der Waals surface area contributed by atoms with Crippen LogP contribution in [-0.4, -0.2) is 22.0 Å². The summed E-state index contributed by atoms with van der Waals surface area (Å²) in [4.78, 5) is 29.6. The first-order valence-electron chi connectivity index (χ1n) is 13.5. The average molecular weight is 560 g/mol. The topological polar surface area (TPSA) is 91.3 Å². The van der Waals surface area contributed by atoms with Crippen molar-refractivity contribution in [2.24, 2.45) is 11.8 Å². The Morgan fingerprint density at radius 3 is 2.35 bits per heavy atom. The van der Waals surface area contributed by atoms with Crippen molar-refractivity contribution in [2.75, 3.05) is 5.32 Å². The van der Waals surface area contributed by atoms with Crippen molar-refractivity contribution in [1.82, 2.24) is 10.5 Å². The number of rotatable bonds is 8. The summed E-state index contributed by atoms with van der Waals surface area (Å²) in [6.45, 7) is 0. The number of amides is 2. The van der Waals surface area contributed by atoms with E-state index in [1.807, 2.05) is 30.3 Å². The van der Waals surface area contributed by atoms with Crippen molar-refractivity contribution >= 4 is 40.0 Å². The third kappa shape index (κ3) is 6.66. The maximum Gasteiger partial charge on any atom is 0.247 e. The minimum Gasteiger partial charge on any atom is -0.326 e. The van der Waals surface area contributed by atoms with Crippen LogP contribution in [0.4, 0.5) is 10.1 Å². The van der Waals surface area contributed by atoms with Crippen LogP contribution in [0.25, 0.3) is 10.9 Å². The van der Waals surface area contributed by atoms with Crippen LogP contribution in [-0.2, 0) is 22.4 Å². The van der Waals surface area contributed by atoms with Crippen molar-refractivity contribution in [2.45, 2.75) is 44.4 Å². The van der Waals surface area contributed by atoms with E-state index < -0.39 is 5.91 Å². The van der Waals surface area contributed by atoms with Crippen LogP contribution < -0.4 is 10.8 Å². The van der Waals surface area contributed by atoms with Gasteiger partial charge in [0, 0.05) is 28.2 Å². The molecule has 6 nitrogen and oxygen atoms in total. The maximum absolute atomic E-state index is 14.0. The molecule has 206 valence electrons. The molecule has 1 aliphatic rings. The number of nitrogens with zero attached hydrogens (tertiary/aromatic N) is 1. The summed E-state index contributed by atoms with van der Waals surface area (Å²) in [5.74, 6) is -0.582. The highest BCUT2D eigenvalue weighted by Crippen LogP contribution is 2.42. The number of hydrogen-bond donors (Lipinski definition) is 3. The highest BCUT2D eigenvalue weighted by atomic mass is 35.5. The number of carbonyl (C=O) groups is 2. The number of carbonyl (C=O) groups excluding carboxylic acids is 2. The summed E-state index contributed by atoms with van der Waals surface area (Å²) >= 11 is 6.03. The third-order valence-corrected chi connectivity index (χ3v) is 8.19. The number of hydroxylamine groups is 1. The summed E-state index contributed by atoms with van der Waals surface area (Å²) in [6, 6.07) is 21.4. The highest BCUT2D eigenvalue weighted by molar-refractivity contribution is 6.30. The molecule has 5 rings (SSSR count). The van der Waals surface area contributed by atoms with Gasteiger partial charge in [-0.25, -0.2) is 9.87 Å². The Morgan fingerprint density at radius 1 is 0.950 bits per heavy atom. The molecule has 0 bridgehead atoms. The summed E-state index contributed by atoms with van der Waals surface area (Å²) in [5, 5.41) is 13.3. The zero-order valence-corrected chi connectivity index (χ0v) is 22.7. The van der Waals surface area contributed by atoms with E-state index in [9.17, 15) is 14.0 Å². The van der Waals surface area contributed by atoms with Crippen LogP contribution in [0.5, 0.6) is 0 Å². The molecule has 1 aromatic heterocycles. The number of halogens is 2. The lowest BCUT2D eigenvalue weighted by atomic mass is 9.71. The van der Waals surface area contributed by atoms with E-state index in [0.717, 1.165) is 53.3 Å². The first kappa shape index (κ1) is 27.7. The Morgan fingerprint density at radius 2 is 1.65 bits per heavy atom. The monoisotopic (exact) mass is 559 g/mol. The lowest BCUT2D eigenvalue weighted by Crippen LogP contribution is -2.33. The standard InChI is InChI=1S/C32H31ClFN3O3/c33-24-9-12-26(13-10-24)36-32(39)28(17-20-1-3-21(4-2-20)18-31(38)37-40)23-7-5-22(6-8-23)27-15-16-35-30-14-11-25(34)19-29(27)30/h1-4,9-16,19,22-23,28,40H,5-8,17-18H2,(H,36,39)(H,37,38). The van der Waals surface area contributed by atoms with Gasteiger partial charge in [0.1, 0.15) is 5.82 Å². The normalized spacial score (nSPS) is 17.8. The predicted octanol–water partition coefficient (Wildman–Crippen LogP) is 6.85. The van der Waals surface area contributed by atoms with E-state index in [0.29, 0.717) is 17.1 Å². The first-order valence-corrected chi connectivity index (χ1v) is 13.9. The Hall–Kier alpha value is -3.81. The van der Waals surface area contributed by atoms with Gasteiger partial charge in [-0.3, -0.25) is 19.8 Å². The molecule has 1 fully saturated rings. The van der Waals surface area contributed by atoms with E-state index in [-0.39, 0.29) is 35.9 Å². The third-order valence-electron chi connectivity index (χ3n) is 7.93. The summed E-state index contributed by atoms with van der Waals surface area (Å²) in [7, 11) is 0. The smallest absolute Gasteiger partial charge is 0.247 e. The van der Waals surface area contributed by atoms with Gasteiger partial charge in [-0.2, -0.15) is 0 Å². The lowest BCUT2D eigenvalue weighted by molar-refractivity contribution is -0.128. The summed E-state index contributed by atoms with van der Waals surface area (Å²) in [5.41, 5.74) is 6.04. The van der Waals surface area contributed by atoms with E-state index in [1.165, 1.54) is 6.07 Å². The fraction of sp³-hybridized carbons (Fsp3) is 0.281. The molecular weight excluding hydrogens is 529 g/mol. The largest absolute Gasteiger partial charge is 0.326 e. The summed E-state index contributed by atoms with van der Waals surface area (Å²) < 4.78 is 14.0. The number of nitrogens with one attached hydrogen (secondary N) is 2. The molecule has 1 aliphatic carbocycles. The average Bonchev–Trinajstić information content (AvgIpc) is 2.97. The SMILES string of the molecule is O=C(Cc1ccc(CC(C(=O)Nc2ccc(Cl)cc2)C2CCC(c3ccnc4ccc(F)cc34)CC2)cc1)NO. The van der Waals surface area contributed by atoms with Crippen LogP contribution in [0.3, 0.4) is 0 Å². The number of hydrogen-bond acceptors (Lipinski definition) is 4. The molecule has 1 heterocycles. The quantitative estimate of drug-likeness (QED) is 0.163. The molecule has 4 aromatic rings.